The summed E-state index contributed by atoms with van der Waals surface area (Å²) in [6, 6.07) is 3.98. The number of likely N-dealkylation sites (tertiary alicyclic amines) is 1. The van der Waals surface area contributed by atoms with Crippen LogP contribution in [0.2, 0.25) is 0 Å². The maximum Gasteiger partial charge on any atom is 0.317 e. The van der Waals surface area contributed by atoms with Crippen molar-refractivity contribution in [3.8, 4) is 11.5 Å². The number of hydrogen-bond acceptors (Lipinski definition) is 5. The minimum absolute atomic E-state index is 0.0213. The fraction of sp³-hybridized carbons (Fsp3) is 0.621. The average Bonchev–Trinajstić information content (AvgIpc) is 3.18. The number of rotatable bonds is 3. The fourth-order valence-corrected chi connectivity index (χ4v) is 6.06. The summed E-state index contributed by atoms with van der Waals surface area (Å²) < 4.78 is 11.9. The summed E-state index contributed by atoms with van der Waals surface area (Å²) in [6.07, 6.45) is 8.02. The summed E-state index contributed by atoms with van der Waals surface area (Å²) in [5.41, 5.74) is 2.53. The molecule has 1 aromatic carbocycles. The number of carbonyl (C=O) groups excluding carboxylic acids is 2. The number of carbonyl (C=O) groups is 2. The van der Waals surface area contributed by atoms with Gasteiger partial charge in [-0.2, -0.15) is 5.10 Å². The van der Waals surface area contributed by atoms with Gasteiger partial charge in [0.25, 0.3) is 0 Å². The van der Waals surface area contributed by atoms with E-state index in [4.69, 9.17) is 14.6 Å². The summed E-state index contributed by atoms with van der Waals surface area (Å²) in [5, 5.41) is 9.91. The van der Waals surface area contributed by atoms with Crippen LogP contribution in [0.25, 0.3) is 0 Å². The number of piperidine rings is 1. The number of hydrogen-bond donors (Lipinski definition) is 1. The molecule has 0 saturated carbocycles. The zero-order valence-corrected chi connectivity index (χ0v) is 23.0. The molecule has 3 aliphatic heterocycles. The number of amides is 3. The highest BCUT2D eigenvalue weighted by molar-refractivity contribution is 6.08. The third-order valence-electron chi connectivity index (χ3n) is 7.82. The zero-order valence-electron chi connectivity index (χ0n) is 23.0. The second-order valence-corrected chi connectivity index (χ2v) is 12.4. The SMILES string of the molecule is COc1ccc(C2=NN(C3CCN(C(=O)NC(C)(C)C)CC3)C(=O)[C@@H]3CC=CC[C@H]23)c2c1OC(C)(C)C2. The second kappa shape index (κ2) is 9.37. The number of benzene rings is 1. The van der Waals surface area contributed by atoms with Gasteiger partial charge in [0, 0.05) is 42.1 Å². The molecule has 4 aliphatic rings. The molecule has 2 atom stereocenters. The number of methoxy groups -OCH3 is 1. The predicted octanol–water partition coefficient (Wildman–Crippen LogP) is 4.51. The lowest BCUT2D eigenvalue weighted by Gasteiger charge is -2.43. The lowest BCUT2D eigenvalue weighted by atomic mass is 9.75. The van der Waals surface area contributed by atoms with Crippen LogP contribution in [-0.2, 0) is 11.2 Å². The van der Waals surface area contributed by atoms with Gasteiger partial charge in [0.15, 0.2) is 11.5 Å². The lowest BCUT2D eigenvalue weighted by molar-refractivity contribution is -0.141. The van der Waals surface area contributed by atoms with Gasteiger partial charge in [-0.25, -0.2) is 9.80 Å². The normalized spacial score (nSPS) is 25.2. The van der Waals surface area contributed by atoms with E-state index < -0.39 is 0 Å². The van der Waals surface area contributed by atoms with Crippen LogP contribution in [0, 0.1) is 11.8 Å². The van der Waals surface area contributed by atoms with Crippen LogP contribution in [-0.4, -0.2) is 64.9 Å². The standard InChI is InChI=1S/C29H40N4O4/c1-28(2,3)30-27(35)32-15-13-18(14-16-32)33-26(34)21-10-8-7-9-19(21)24(31-33)20-11-12-23(36-6)25-22(20)17-29(4,5)37-25/h7-8,11-12,18-19,21H,9-10,13-17H2,1-6H3,(H,30,35)/t19-,21+/m0/s1. The maximum atomic E-state index is 13.7. The average molecular weight is 509 g/mol. The van der Waals surface area contributed by atoms with Crippen molar-refractivity contribution in [2.45, 2.75) is 83.9 Å². The minimum atomic E-state index is -0.331. The van der Waals surface area contributed by atoms with Gasteiger partial charge in [-0.15, -0.1) is 0 Å². The first kappa shape index (κ1) is 25.6. The van der Waals surface area contributed by atoms with Gasteiger partial charge in [0.2, 0.25) is 5.91 Å². The van der Waals surface area contributed by atoms with Crippen molar-refractivity contribution in [2.24, 2.45) is 16.9 Å². The number of nitrogens with zero attached hydrogens (tertiary/aromatic N) is 3. The van der Waals surface area contributed by atoms with Gasteiger partial charge in [-0.3, -0.25) is 4.79 Å². The number of allylic oxidation sites excluding steroid dienone is 2. The third kappa shape index (κ3) is 4.94. The first-order chi connectivity index (χ1) is 17.5. The predicted molar refractivity (Wildman–Crippen MR) is 143 cm³/mol. The smallest absolute Gasteiger partial charge is 0.317 e. The number of hydrazone groups is 1. The van der Waals surface area contributed by atoms with Gasteiger partial charge in [0.1, 0.15) is 5.60 Å². The van der Waals surface area contributed by atoms with Gasteiger partial charge < -0.3 is 19.7 Å². The Balaban J connectivity index is 1.45. The lowest BCUT2D eigenvalue weighted by Crippen LogP contribution is -2.55. The maximum absolute atomic E-state index is 13.7. The minimum Gasteiger partial charge on any atom is -0.493 e. The molecule has 1 N–H and O–H groups in total. The summed E-state index contributed by atoms with van der Waals surface area (Å²) in [7, 11) is 1.67. The second-order valence-electron chi connectivity index (χ2n) is 12.4. The van der Waals surface area contributed by atoms with Crippen molar-refractivity contribution >= 4 is 17.6 Å². The first-order valence-electron chi connectivity index (χ1n) is 13.5. The monoisotopic (exact) mass is 508 g/mol. The zero-order chi connectivity index (χ0) is 26.5. The van der Waals surface area contributed by atoms with Crippen molar-refractivity contribution in [2.75, 3.05) is 20.2 Å². The van der Waals surface area contributed by atoms with Crippen LogP contribution < -0.4 is 14.8 Å². The van der Waals surface area contributed by atoms with E-state index in [1.54, 1.807) is 12.1 Å². The van der Waals surface area contributed by atoms with Crippen molar-refractivity contribution in [1.29, 1.82) is 0 Å². The van der Waals surface area contributed by atoms with Gasteiger partial charge in [0.05, 0.1) is 24.8 Å². The molecule has 200 valence electrons. The van der Waals surface area contributed by atoms with E-state index in [0.717, 1.165) is 47.6 Å². The topological polar surface area (TPSA) is 83.5 Å². The Bertz CT molecular complexity index is 1140. The Morgan fingerprint density at radius 1 is 1.14 bits per heavy atom. The molecule has 8 nitrogen and oxygen atoms in total. The molecule has 1 saturated heterocycles. The molecular formula is C29H40N4O4. The molecule has 3 amide bonds. The molecule has 3 heterocycles. The number of nitrogens with one attached hydrogen (secondary N) is 1. The van der Waals surface area contributed by atoms with Crippen molar-refractivity contribution in [3.63, 3.8) is 0 Å². The number of fused-ring (bicyclic) bond motifs is 2. The number of ether oxygens (including phenoxy) is 2. The highest BCUT2D eigenvalue weighted by Crippen LogP contribution is 2.46. The van der Waals surface area contributed by atoms with E-state index in [1.165, 1.54) is 0 Å². The Morgan fingerprint density at radius 3 is 2.46 bits per heavy atom. The van der Waals surface area contributed by atoms with Crippen LogP contribution in [0.1, 0.15) is 71.4 Å². The molecule has 0 spiro atoms. The van der Waals surface area contributed by atoms with Crippen LogP contribution in [0.4, 0.5) is 4.79 Å². The highest BCUT2D eigenvalue weighted by atomic mass is 16.5. The Morgan fingerprint density at radius 2 is 1.81 bits per heavy atom. The van der Waals surface area contributed by atoms with Crippen LogP contribution in [0.3, 0.4) is 0 Å². The van der Waals surface area contributed by atoms with E-state index in [-0.39, 0.29) is 41.0 Å². The molecule has 0 bridgehead atoms. The molecule has 1 fully saturated rings. The molecule has 8 heteroatoms. The summed E-state index contributed by atoms with van der Waals surface area (Å²) in [5.74, 6) is 1.56. The first-order valence-corrected chi connectivity index (χ1v) is 13.5. The van der Waals surface area contributed by atoms with E-state index in [2.05, 4.69) is 37.4 Å². The molecule has 1 aliphatic carbocycles. The molecule has 37 heavy (non-hydrogen) atoms. The Hall–Kier alpha value is -3.03. The van der Waals surface area contributed by atoms with Crippen molar-refractivity contribution in [1.82, 2.24) is 15.2 Å². The largest absolute Gasteiger partial charge is 0.493 e. The van der Waals surface area contributed by atoms with E-state index in [9.17, 15) is 9.59 Å². The van der Waals surface area contributed by atoms with Crippen LogP contribution >= 0.6 is 0 Å². The van der Waals surface area contributed by atoms with Crippen molar-refractivity contribution < 1.29 is 19.1 Å². The fourth-order valence-electron chi connectivity index (χ4n) is 6.06. The Kier molecular flexibility index (Phi) is 6.49. The van der Waals surface area contributed by atoms with Gasteiger partial charge in [-0.05, 0) is 72.4 Å². The van der Waals surface area contributed by atoms with Crippen LogP contribution in [0.5, 0.6) is 11.5 Å². The Labute approximate surface area is 220 Å². The van der Waals surface area contributed by atoms with E-state index in [0.29, 0.717) is 25.9 Å². The molecule has 5 rings (SSSR count). The number of urea groups is 1. The van der Waals surface area contributed by atoms with Gasteiger partial charge >= 0.3 is 6.03 Å². The summed E-state index contributed by atoms with van der Waals surface area (Å²) >= 11 is 0. The highest BCUT2D eigenvalue weighted by Gasteiger charge is 2.45. The molecule has 0 unspecified atom stereocenters. The molecule has 0 radical (unpaired) electrons. The van der Waals surface area contributed by atoms with Gasteiger partial charge in [-0.1, -0.05) is 12.2 Å². The molecular weight excluding hydrogens is 468 g/mol. The van der Waals surface area contributed by atoms with Crippen molar-refractivity contribution in [3.05, 3.63) is 35.4 Å². The summed E-state index contributed by atoms with van der Waals surface area (Å²) in [6.45, 7) is 11.3. The third-order valence-corrected chi connectivity index (χ3v) is 7.82. The summed E-state index contributed by atoms with van der Waals surface area (Å²) in [4.78, 5) is 28.2. The van der Waals surface area contributed by atoms with E-state index >= 15 is 0 Å². The molecule has 1 aromatic rings. The quantitative estimate of drug-likeness (QED) is 0.609. The van der Waals surface area contributed by atoms with Crippen LogP contribution in [0.15, 0.2) is 29.4 Å². The molecule has 0 aromatic heterocycles. The van der Waals surface area contributed by atoms with E-state index in [1.807, 2.05) is 31.7 Å².